The monoisotopic (exact) mass is 741 g/mol. The molecule has 0 bridgehead atoms. The van der Waals surface area contributed by atoms with E-state index in [9.17, 15) is 19.0 Å². The van der Waals surface area contributed by atoms with Gasteiger partial charge >= 0.3 is 19.8 Å². The van der Waals surface area contributed by atoms with Crippen molar-refractivity contribution in [3.63, 3.8) is 0 Å². The molecule has 0 heterocycles. The maximum atomic E-state index is 12.6. The van der Waals surface area contributed by atoms with Crippen LogP contribution < -0.4 is 0 Å². The zero-order valence-electron chi connectivity index (χ0n) is 33.1. The maximum Gasteiger partial charge on any atom is 0.472 e. The molecule has 2 atom stereocenters. The second kappa shape index (κ2) is 33.8. The van der Waals surface area contributed by atoms with Gasteiger partial charge < -0.3 is 18.9 Å². The summed E-state index contributed by atoms with van der Waals surface area (Å²) in [6, 6.07) is 0. The highest BCUT2D eigenvalue weighted by atomic mass is 31.2. The summed E-state index contributed by atoms with van der Waals surface area (Å²) in [5, 5.41) is 0. The zero-order valence-corrected chi connectivity index (χ0v) is 34.0. The van der Waals surface area contributed by atoms with Crippen molar-refractivity contribution in [3.8, 4) is 0 Å². The van der Waals surface area contributed by atoms with Crippen LogP contribution in [0.15, 0.2) is 48.6 Å². The van der Waals surface area contributed by atoms with Crippen molar-refractivity contribution in [2.75, 3.05) is 47.5 Å². The fraction of sp³-hybridized carbons (Fsp3) is 0.756. The minimum Gasteiger partial charge on any atom is -0.462 e. The molecule has 9 nitrogen and oxygen atoms in total. The lowest BCUT2D eigenvalue weighted by molar-refractivity contribution is -0.870. The minimum absolute atomic E-state index is 0.0257. The van der Waals surface area contributed by atoms with Crippen LogP contribution in [0.4, 0.5) is 0 Å². The van der Waals surface area contributed by atoms with E-state index in [4.69, 9.17) is 18.5 Å². The predicted octanol–water partition coefficient (Wildman–Crippen LogP) is 10.7. The molecular formula is C41H75NO8P+. The lowest BCUT2D eigenvalue weighted by Crippen LogP contribution is -2.37. The number of allylic oxidation sites excluding steroid dienone is 8. The number of rotatable bonds is 35. The van der Waals surface area contributed by atoms with Gasteiger partial charge in [-0.25, -0.2) is 4.57 Å². The smallest absolute Gasteiger partial charge is 0.462 e. The Hall–Kier alpha value is -2.03. The van der Waals surface area contributed by atoms with Crippen molar-refractivity contribution in [1.82, 2.24) is 0 Å². The van der Waals surface area contributed by atoms with E-state index in [-0.39, 0.29) is 32.0 Å². The minimum atomic E-state index is -4.38. The Balaban J connectivity index is 4.47. The maximum absolute atomic E-state index is 12.6. The number of hydrogen-bond acceptors (Lipinski definition) is 7. The summed E-state index contributed by atoms with van der Waals surface area (Å²) >= 11 is 0. The van der Waals surface area contributed by atoms with Crippen molar-refractivity contribution in [2.45, 2.75) is 155 Å². The van der Waals surface area contributed by atoms with Gasteiger partial charge in [0.15, 0.2) is 6.10 Å². The van der Waals surface area contributed by atoms with Gasteiger partial charge in [0.2, 0.25) is 0 Å². The summed E-state index contributed by atoms with van der Waals surface area (Å²) in [6.07, 6.45) is 37.2. The molecule has 0 aromatic carbocycles. The molecule has 296 valence electrons. The first-order chi connectivity index (χ1) is 24.5. The van der Waals surface area contributed by atoms with Gasteiger partial charge in [-0.3, -0.25) is 18.6 Å². The number of esters is 2. The van der Waals surface area contributed by atoms with Crippen LogP contribution in [0.2, 0.25) is 0 Å². The molecule has 1 unspecified atom stereocenters. The number of phosphoric ester groups is 1. The number of quaternary nitrogens is 1. The number of hydrogen-bond donors (Lipinski definition) is 1. The molecule has 0 rings (SSSR count). The number of carbonyl (C=O) groups is 2. The molecule has 0 amide bonds. The number of likely N-dealkylation sites (N-methyl/N-ethyl adjacent to an activating group) is 1. The van der Waals surface area contributed by atoms with Crippen molar-refractivity contribution < 1.29 is 42.1 Å². The van der Waals surface area contributed by atoms with E-state index in [1.807, 2.05) is 51.5 Å². The Bertz CT molecular complexity index is 1020. The third-order valence-electron chi connectivity index (χ3n) is 8.22. The van der Waals surface area contributed by atoms with Crippen LogP contribution >= 0.6 is 7.82 Å². The number of ether oxygens (including phenoxy) is 2. The van der Waals surface area contributed by atoms with Crippen LogP contribution in [0.1, 0.15) is 149 Å². The molecule has 1 N–H and O–H groups in total. The topological polar surface area (TPSA) is 108 Å². The van der Waals surface area contributed by atoms with Crippen molar-refractivity contribution in [1.29, 1.82) is 0 Å². The SMILES string of the molecule is CC/C=C/C=C/C=C/C=C/CCCCCCCC(=O)O[C@H](COC(=O)CCCCCCCCCCCCCC)COP(=O)(O)OCC[N+](C)(C)C. The third kappa shape index (κ3) is 37.5. The highest BCUT2D eigenvalue weighted by molar-refractivity contribution is 7.47. The molecule has 0 aliphatic rings. The van der Waals surface area contributed by atoms with Gasteiger partial charge in [-0.05, 0) is 32.1 Å². The molecular weight excluding hydrogens is 665 g/mol. The molecule has 0 saturated heterocycles. The van der Waals surface area contributed by atoms with Gasteiger partial charge in [0, 0.05) is 12.8 Å². The van der Waals surface area contributed by atoms with E-state index in [1.165, 1.54) is 57.8 Å². The molecule has 51 heavy (non-hydrogen) atoms. The Kier molecular flexibility index (Phi) is 32.4. The van der Waals surface area contributed by atoms with Gasteiger partial charge in [0.25, 0.3) is 0 Å². The number of unbranched alkanes of at least 4 members (excludes halogenated alkanes) is 16. The van der Waals surface area contributed by atoms with Crippen LogP contribution in [0.3, 0.4) is 0 Å². The van der Waals surface area contributed by atoms with Crippen molar-refractivity contribution in [3.05, 3.63) is 48.6 Å². The standard InChI is InChI=1S/C41H74NO8P/c1-6-8-10-12-14-16-18-20-21-22-24-26-28-30-32-34-41(44)50-39(38-49-51(45,46)48-36-35-42(3,4)5)37-47-40(43)33-31-29-27-25-23-19-17-15-13-11-9-7-2/h8,10,12,14,16,18,20-21,39H,6-7,9,11,13,15,17,19,22-38H2,1-5H3/p+1/b10-8+,14-12+,18-16+,21-20+/t39-/m1/s1. The van der Waals surface area contributed by atoms with Crippen LogP contribution in [0, 0.1) is 0 Å². The second-order valence-corrected chi connectivity index (χ2v) is 15.8. The fourth-order valence-corrected chi connectivity index (χ4v) is 5.82. The van der Waals surface area contributed by atoms with Crippen molar-refractivity contribution >= 4 is 19.8 Å². The van der Waals surface area contributed by atoms with Gasteiger partial charge in [-0.2, -0.15) is 0 Å². The number of carbonyl (C=O) groups excluding carboxylic acids is 2. The van der Waals surface area contributed by atoms with Gasteiger partial charge in [-0.15, -0.1) is 0 Å². The van der Waals surface area contributed by atoms with Gasteiger partial charge in [0.05, 0.1) is 27.7 Å². The second-order valence-electron chi connectivity index (χ2n) is 14.4. The van der Waals surface area contributed by atoms with Gasteiger partial charge in [-0.1, -0.05) is 152 Å². The van der Waals surface area contributed by atoms with Crippen LogP contribution in [-0.4, -0.2) is 74.9 Å². The molecule has 0 radical (unpaired) electrons. The first-order valence-corrected chi connectivity index (χ1v) is 21.4. The quantitative estimate of drug-likeness (QED) is 0.0225. The molecule has 10 heteroatoms. The Morgan fingerprint density at radius 1 is 0.627 bits per heavy atom. The van der Waals surface area contributed by atoms with E-state index in [1.54, 1.807) is 0 Å². The Morgan fingerprint density at radius 3 is 1.67 bits per heavy atom. The normalized spacial score (nSPS) is 14.2. The van der Waals surface area contributed by atoms with Crippen LogP contribution in [0.5, 0.6) is 0 Å². The molecule has 0 saturated carbocycles. The average Bonchev–Trinajstić information content (AvgIpc) is 3.07. The van der Waals surface area contributed by atoms with Crippen molar-refractivity contribution in [2.24, 2.45) is 0 Å². The summed E-state index contributed by atoms with van der Waals surface area (Å²) in [5.74, 6) is -0.828. The molecule has 0 aliphatic heterocycles. The summed E-state index contributed by atoms with van der Waals surface area (Å²) < 4.78 is 34.2. The van der Waals surface area contributed by atoms with E-state index in [0.717, 1.165) is 57.8 Å². The first kappa shape index (κ1) is 49.0. The predicted molar refractivity (Wildman–Crippen MR) is 210 cm³/mol. The van der Waals surface area contributed by atoms with E-state index < -0.39 is 26.5 Å². The molecule has 0 fully saturated rings. The third-order valence-corrected chi connectivity index (χ3v) is 9.20. The average molecular weight is 741 g/mol. The fourth-order valence-electron chi connectivity index (χ4n) is 5.08. The number of nitrogens with zero attached hydrogens (tertiary/aromatic N) is 1. The lowest BCUT2D eigenvalue weighted by atomic mass is 10.0. The molecule has 0 aromatic rings. The molecule has 0 aromatic heterocycles. The lowest BCUT2D eigenvalue weighted by Gasteiger charge is -2.24. The van der Waals surface area contributed by atoms with E-state index in [0.29, 0.717) is 17.4 Å². The number of phosphoric acid groups is 1. The summed E-state index contributed by atoms with van der Waals surface area (Å²) in [5.41, 5.74) is 0. The zero-order chi connectivity index (χ0) is 37.9. The highest BCUT2D eigenvalue weighted by Gasteiger charge is 2.27. The highest BCUT2D eigenvalue weighted by Crippen LogP contribution is 2.43. The van der Waals surface area contributed by atoms with E-state index >= 15 is 0 Å². The largest absolute Gasteiger partial charge is 0.472 e. The van der Waals surface area contributed by atoms with Crippen LogP contribution in [-0.2, 0) is 32.7 Å². The molecule has 0 spiro atoms. The summed E-state index contributed by atoms with van der Waals surface area (Å²) in [4.78, 5) is 35.2. The Labute approximate surface area is 312 Å². The first-order valence-electron chi connectivity index (χ1n) is 19.9. The van der Waals surface area contributed by atoms with Crippen LogP contribution in [0.25, 0.3) is 0 Å². The summed E-state index contributed by atoms with van der Waals surface area (Å²) in [7, 11) is 1.45. The summed E-state index contributed by atoms with van der Waals surface area (Å²) in [6.45, 7) is 4.23. The van der Waals surface area contributed by atoms with Gasteiger partial charge in [0.1, 0.15) is 19.8 Å². The molecule has 0 aliphatic carbocycles. The van der Waals surface area contributed by atoms with E-state index in [2.05, 4.69) is 32.1 Å². The Morgan fingerprint density at radius 2 is 1.12 bits per heavy atom.